The van der Waals surface area contributed by atoms with Crippen LogP contribution in [0, 0.1) is 5.41 Å². The van der Waals surface area contributed by atoms with E-state index in [1.165, 1.54) is 6.33 Å². The standard InChI is InChI=1S/C14H18ClN3/c1-4-14(3,5-2)7-9-18-8-6-11-12(15)16-10-17-13(11)18/h4,6,8,10H,1,5,7,9H2,2-3H3/t14-/m0/s1. The zero-order valence-electron chi connectivity index (χ0n) is 10.9. The molecule has 3 nitrogen and oxygen atoms in total. The fourth-order valence-electron chi connectivity index (χ4n) is 1.95. The number of allylic oxidation sites excluding steroid dienone is 1. The van der Waals surface area contributed by atoms with Crippen LogP contribution in [-0.2, 0) is 6.54 Å². The van der Waals surface area contributed by atoms with Crippen LogP contribution in [0.25, 0.3) is 11.0 Å². The topological polar surface area (TPSA) is 30.7 Å². The molecule has 0 saturated carbocycles. The van der Waals surface area contributed by atoms with Gasteiger partial charge in [-0.3, -0.25) is 0 Å². The highest BCUT2D eigenvalue weighted by atomic mass is 35.5. The number of hydrogen-bond acceptors (Lipinski definition) is 2. The zero-order chi connectivity index (χ0) is 13.2. The van der Waals surface area contributed by atoms with Crippen molar-refractivity contribution in [2.24, 2.45) is 5.41 Å². The van der Waals surface area contributed by atoms with Crippen molar-refractivity contribution in [2.45, 2.75) is 33.2 Å². The minimum absolute atomic E-state index is 0.174. The Morgan fingerprint density at radius 2 is 2.28 bits per heavy atom. The molecule has 4 heteroatoms. The summed E-state index contributed by atoms with van der Waals surface area (Å²) in [5.41, 5.74) is 1.07. The molecule has 2 heterocycles. The Kier molecular flexibility index (Phi) is 3.71. The molecule has 0 saturated heterocycles. The van der Waals surface area contributed by atoms with E-state index >= 15 is 0 Å². The minimum Gasteiger partial charge on any atom is -0.332 e. The van der Waals surface area contributed by atoms with Crippen LogP contribution in [0.15, 0.2) is 31.2 Å². The van der Waals surface area contributed by atoms with Crippen molar-refractivity contribution in [1.82, 2.24) is 14.5 Å². The summed E-state index contributed by atoms with van der Waals surface area (Å²) in [4.78, 5) is 8.28. The van der Waals surface area contributed by atoms with Gasteiger partial charge < -0.3 is 4.57 Å². The first-order chi connectivity index (χ1) is 8.59. The molecular formula is C14H18ClN3. The summed E-state index contributed by atoms with van der Waals surface area (Å²) in [6, 6.07) is 1.97. The number of aryl methyl sites for hydroxylation is 1. The van der Waals surface area contributed by atoms with E-state index in [0.717, 1.165) is 30.4 Å². The number of nitrogens with zero attached hydrogens (tertiary/aromatic N) is 3. The smallest absolute Gasteiger partial charge is 0.144 e. The number of hydrogen-bond donors (Lipinski definition) is 0. The third-order valence-electron chi connectivity index (χ3n) is 3.73. The van der Waals surface area contributed by atoms with Crippen molar-refractivity contribution in [3.8, 4) is 0 Å². The minimum atomic E-state index is 0.174. The molecule has 2 aromatic rings. The molecule has 96 valence electrons. The van der Waals surface area contributed by atoms with Gasteiger partial charge in [0.15, 0.2) is 0 Å². The van der Waals surface area contributed by atoms with Crippen molar-refractivity contribution in [3.63, 3.8) is 0 Å². The normalized spacial score (nSPS) is 14.6. The van der Waals surface area contributed by atoms with E-state index in [9.17, 15) is 0 Å². The number of aromatic nitrogens is 3. The molecule has 0 aliphatic rings. The fraction of sp³-hybridized carbons (Fsp3) is 0.429. The van der Waals surface area contributed by atoms with Crippen LogP contribution in [-0.4, -0.2) is 14.5 Å². The second-order valence-electron chi connectivity index (χ2n) is 4.87. The molecular weight excluding hydrogens is 246 g/mol. The van der Waals surface area contributed by atoms with Gasteiger partial charge in [-0.2, -0.15) is 0 Å². The van der Waals surface area contributed by atoms with E-state index in [-0.39, 0.29) is 5.41 Å². The van der Waals surface area contributed by atoms with Gasteiger partial charge in [0.2, 0.25) is 0 Å². The van der Waals surface area contributed by atoms with Gasteiger partial charge in [-0.25, -0.2) is 9.97 Å². The predicted octanol–water partition coefficient (Wildman–Crippen LogP) is 4.08. The number of halogens is 1. The first-order valence-electron chi connectivity index (χ1n) is 6.18. The summed E-state index contributed by atoms with van der Waals surface area (Å²) in [5, 5.41) is 1.43. The van der Waals surface area contributed by atoms with Crippen LogP contribution in [0.5, 0.6) is 0 Å². The summed E-state index contributed by atoms with van der Waals surface area (Å²) in [6.07, 6.45) is 7.70. The molecule has 0 fully saturated rings. The highest BCUT2D eigenvalue weighted by molar-refractivity contribution is 6.33. The van der Waals surface area contributed by atoms with Gasteiger partial charge in [0.05, 0.1) is 5.39 Å². The van der Waals surface area contributed by atoms with E-state index in [2.05, 4.69) is 35.0 Å². The molecule has 0 aliphatic heterocycles. The Bertz CT molecular complexity index is 561. The molecule has 1 atom stereocenters. The van der Waals surface area contributed by atoms with E-state index in [1.807, 2.05) is 18.3 Å². The Morgan fingerprint density at radius 3 is 2.94 bits per heavy atom. The maximum Gasteiger partial charge on any atom is 0.144 e. The third-order valence-corrected chi connectivity index (χ3v) is 4.03. The largest absolute Gasteiger partial charge is 0.332 e. The van der Waals surface area contributed by atoms with Crippen molar-refractivity contribution < 1.29 is 0 Å². The SMILES string of the molecule is C=C[C@@](C)(CC)CCn1ccc2c(Cl)ncnc21. The second kappa shape index (κ2) is 5.11. The molecule has 0 amide bonds. The van der Waals surface area contributed by atoms with Crippen LogP contribution >= 0.6 is 11.6 Å². The van der Waals surface area contributed by atoms with Gasteiger partial charge in [-0.05, 0) is 24.3 Å². The van der Waals surface area contributed by atoms with Crippen LogP contribution < -0.4 is 0 Å². The molecule has 0 aliphatic carbocycles. The van der Waals surface area contributed by atoms with Crippen molar-refractivity contribution >= 4 is 22.6 Å². The molecule has 0 aromatic carbocycles. The first kappa shape index (κ1) is 13.1. The summed E-state index contributed by atoms with van der Waals surface area (Å²) >= 11 is 6.03. The van der Waals surface area contributed by atoms with Crippen LogP contribution in [0.3, 0.4) is 0 Å². The summed E-state index contributed by atoms with van der Waals surface area (Å²) in [5.74, 6) is 0. The van der Waals surface area contributed by atoms with Gasteiger partial charge in [0.25, 0.3) is 0 Å². The summed E-state index contributed by atoms with van der Waals surface area (Å²) in [7, 11) is 0. The molecule has 0 unspecified atom stereocenters. The lowest BCUT2D eigenvalue weighted by atomic mass is 9.84. The lowest BCUT2D eigenvalue weighted by Gasteiger charge is -2.24. The summed E-state index contributed by atoms with van der Waals surface area (Å²) < 4.78 is 2.13. The van der Waals surface area contributed by atoms with Gasteiger partial charge >= 0.3 is 0 Å². The lowest BCUT2D eigenvalue weighted by Crippen LogP contribution is -2.14. The second-order valence-corrected chi connectivity index (χ2v) is 5.23. The Balaban J connectivity index is 2.23. The van der Waals surface area contributed by atoms with Gasteiger partial charge in [-0.1, -0.05) is 31.5 Å². The quantitative estimate of drug-likeness (QED) is 0.601. The van der Waals surface area contributed by atoms with E-state index in [1.54, 1.807) is 0 Å². The Labute approximate surface area is 113 Å². The van der Waals surface area contributed by atoms with Crippen molar-refractivity contribution in [3.05, 3.63) is 36.4 Å². The van der Waals surface area contributed by atoms with Crippen molar-refractivity contribution in [1.29, 1.82) is 0 Å². The van der Waals surface area contributed by atoms with Crippen LogP contribution in [0.4, 0.5) is 0 Å². The molecule has 0 N–H and O–H groups in total. The van der Waals surface area contributed by atoms with E-state index in [0.29, 0.717) is 5.15 Å². The molecule has 2 rings (SSSR count). The van der Waals surface area contributed by atoms with E-state index < -0.39 is 0 Å². The maximum absolute atomic E-state index is 6.03. The molecule has 18 heavy (non-hydrogen) atoms. The van der Waals surface area contributed by atoms with Crippen LogP contribution in [0.2, 0.25) is 5.15 Å². The predicted molar refractivity (Wildman–Crippen MR) is 75.8 cm³/mol. The number of rotatable bonds is 5. The Morgan fingerprint density at radius 1 is 1.50 bits per heavy atom. The fourth-order valence-corrected chi connectivity index (χ4v) is 2.14. The van der Waals surface area contributed by atoms with Crippen LogP contribution in [0.1, 0.15) is 26.7 Å². The zero-order valence-corrected chi connectivity index (χ0v) is 11.6. The van der Waals surface area contributed by atoms with Crippen molar-refractivity contribution in [2.75, 3.05) is 0 Å². The molecule has 0 radical (unpaired) electrons. The number of fused-ring (bicyclic) bond motifs is 1. The van der Waals surface area contributed by atoms with E-state index in [4.69, 9.17) is 11.6 Å². The Hall–Kier alpha value is -1.35. The molecule has 2 aromatic heterocycles. The molecule has 0 bridgehead atoms. The average molecular weight is 264 g/mol. The monoisotopic (exact) mass is 263 g/mol. The highest BCUT2D eigenvalue weighted by Crippen LogP contribution is 2.28. The molecule has 0 spiro atoms. The lowest BCUT2D eigenvalue weighted by molar-refractivity contribution is 0.354. The third kappa shape index (κ3) is 2.41. The average Bonchev–Trinajstić information content (AvgIpc) is 2.81. The van der Waals surface area contributed by atoms with Gasteiger partial charge in [-0.15, -0.1) is 6.58 Å². The first-order valence-corrected chi connectivity index (χ1v) is 6.56. The van der Waals surface area contributed by atoms with Gasteiger partial charge in [0, 0.05) is 12.7 Å². The highest BCUT2D eigenvalue weighted by Gasteiger charge is 2.18. The maximum atomic E-state index is 6.03. The van der Waals surface area contributed by atoms with Gasteiger partial charge in [0.1, 0.15) is 17.1 Å². The summed E-state index contributed by atoms with van der Waals surface area (Å²) in [6.45, 7) is 9.25.